The second-order valence-corrected chi connectivity index (χ2v) is 8.42. The van der Waals surface area contributed by atoms with Crippen LogP contribution in [0.15, 0.2) is 28.7 Å². The van der Waals surface area contributed by atoms with Gasteiger partial charge in [-0.1, -0.05) is 28.1 Å². The first kappa shape index (κ1) is 13.3. The van der Waals surface area contributed by atoms with Crippen LogP contribution < -0.4 is 5.73 Å². The van der Waals surface area contributed by atoms with Crippen molar-refractivity contribution < 1.29 is 0 Å². The lowest BCUT2D eigenvalue weighted by atomic mass is 9.44. The highest BCUT2D eigenvalue weighted by Gasteiger charge is 2.55. The van der Waals surface area contributed by atoms with E-state index < -0.39 is 0 Å². The molecule has 0 amide bonds. The number of hydrogen-bond acceptors (Lipinski definition) is 1. The third-order valence-corrected chi connectivity index (χ3v) is 6.90. The zero-order valence-electron chi connectivity index (χ0n) is 12.0. The average Bonchev–Trinajstić information content (AvgIpc) is 2.42. The van der Waals surface area contributed by atoms with Crippen LogP contribution in [-0.4, -0.2) is 6.54 Å². The van der Waals surface area contributed by atoms with E-state index in [1.165, 1.54) is 43.0 Å². The first-order valence-corrected chi connectivity index (χ1v) is 8.95. The molecule has 0 aliphatic heterocycles. The van der Waals surface area contributed by atoms with Gasteiger partial charge in [0.15, 0.2) is 0 Å². The zero-order valence-corrected chi connectivity index (χ0v) is 13.6. The van der Waals surface area contributed by atoms with Crippen molar-refractivity contribution in [2.24, 2.45) is 29.4 Å². The normalized spacial score (nSPS) is 42.1. The minimum atomic E-state index is 0.491. The number of halogens is 1. The van der Waals surface area contributed by atoms with Crippen LogP contribution in [0.4, 0.5) is 0 Å². The van der Waals surface area contributed by atoms with Gasteiger partial charge in [-0.2, -0.15) is 0 Å². The van der Waals surface area contributed by atoms with Gasteiger partial charge in [-0.25, -0.2) is 0 Å². The molecule has 0 radical (unpaired) electrons. The maximum absolute atomic E-state index is 5.87. The lowest BCUT2D eigenvalue weighted by Gasteiger charge is -2.60. The van der Waals surface area contributed by atoms with Crippen molar-refractivity contribution in [3.63, 3.8) is 0 Å². The summed E-state index contributed by atoms with van der Waals surface area (Å²) in [6.07, 6.45) is 8.50. The van der Waals surface area contributed by atoms with Crippen LogP contribution in [0.1, 0.15) is 44.1 Å². The lowest BCUT2D eigenvalue weighted by Crippen LogP contribution is -2.53. The second kappa shape index (κ2) is 4.84. The predicted octanol–water partition coefficient (Wildman–Crippen LogP) is 4.49. The van der Waals surface area contributed by atoms with Crippen molar-refractivity contribution in [1.29, 1.82) is 0 Å². The van der Waals surface area contributed by atoms with Gasteiger partial charge in [0, 0.05) is 4.47 Å². The van der Waals surface area contributed by atoms with Crippen molar-refractivity contribution in [1.82, 2.24) is 0 Å². The van der Waals surface area contributed by atoms with Gasteiger partial charge in [-0.3, -0.25) is 0 Å². The molecule has 0 heterocycles. The molecule has 2 unspecified atom stereocenters. The van der Waals surface area contributed by atoms with Crippen LogP contribution in [0.3, 0.4) is 0 Å². The van der Waals surface area contributed by atoms with E-state index in [1.807, 2.05) is 0 Å². The van der Waals surface area contributed by atoms with Gasteiger partial charge >= 0.3 is 0 Å². The molecule has 4 aliphatic rings. The molecule has 2 atom stereocenters. The first-order valence-electron chi connectivity index (χ1n) is 8.16. The van der Waals surface area contributed by atoms with E-state index in [-0.39, 0.29) is 0 Å². The van der Waals surface area contributed by atoms with Gasteiger partial charge < -0.3 is 5.73 Å². The molecule has 108 valence electrons. The van der Waals surface area contributed by atoms with E-state index in [0.717, 1.165) is 30.2 Å². The number of rotatable bonds is 3. The standard InChI is InChI=1S/C18H24BrN/c19-16-3-1-2-15(8-16)18-9-12-6-13(10-18)17(4-5-20)14(7-12)11-18/h1-3,8,12-14,17H,4-7,9-11,20H2. The Bertz CT molecular complexity index is 496. The molecule has 4 saturated carbocycles. The van der Waals surface area contributed by atoms with Gasteiger partial charge in [0.2, 0.25) is 0 Å². The van der Waals surface area contributed by atoms with Crippen molar-refractivity contribution in [2.75, 3.05) is 6.54 Å². The number of nitrogens with two attached hydrogens (primary N) is 1. The maximum atomic E-state index is 5.87. The molecular weight excluding hydrogens is 310 g/mol. The summed E-state index contributed by atoms with van der Waals surface area (Å²) in [6, 6.07) is 9.12. The Kier molecular flexibility index (Phi) is 3.23. The molecule has 4 fully saturated rings. The minimum Gasteiger partial charge on any atom is -0.330 e. The molecule has 2 N–H and O–H groups in total. The van der Waals surface area contributed by atoms with Gasteiger partial charge in [0.05, 0.1) is 0 Å². The summed E-state index contributed by atoms with van der Waals surface area (Å²) in [6.45, 7) is 0.881. The van der Waals surface area contributed by atoms with E-state index >= 15 is 0 Å². The van der Waals surface area contributed by atoms with E-state index in [0.29, 0.717) is 5.41 Å². The lowest BCUT2D eigenvalue weighted by molar-refractivity contribution is -0.0581. The molecular formula is C18H24BrN. The van der Waals surface area contributed by atoms with Crippen LogP contribution in [0.2, 0.25) is 0 Å². The summed E-state index contributed by atoms with van der Waals surface area (Å²) in [4.78, 5) is 0. The maximum Gasteiger partial charge on any atom is 0.0178 e. The molecule has 0 saturated heterocycles. The fraction of sp³-hybridized carbons (Fsp3) is 0.667. The van der Waals surface area contributed by atoms with Crippen LogP contribution >= 0.6 is 15.9 Å². The summed E-state index contributed by atoms with van der Waals surface area (Å²) in [5.41, 5.74) is 7.95. The fourth-order valence-corrected chi connectivity index (χ4v) is 6.36. The molecule has 0 spiro atoms. The Morgan fingerprint density at radius 1 is 1.15 bits per heavy atom. The van der Waals surface area contributed by atoms with Crippen molar-refractivity contribution in [2.45, 2.75) is 43.9 Å². The van der Waals surface area contributed by atoms with Gasteiger partial charge in [-0.15, -0.1) is 0 Å². The molecule has 0 aromatic heterocycles. The largest absolute Gasteiger partial charge is 0.330 e. The molecule has 1 aromatic rings. The van der Waals surface area contributed by atoms with E-state index in [4.69, 9.17) is 5.73 Å². The summed E-state index contributed by atoms with van der Waals surface area (Å²) < 4.78 is 1.24. The highest BCUT2D eigenvalue weighted by atomic mass is 79.9. The van der Waals surface area contributed by atoms with Crippen molar-refractivity contribution >= 4 is 15.9 Å². The summed E-state index contributed by atoms with van der Waals surface area (Å²) in [5.74, 6) is 3.81. The SMILES string of the molecule is NCCC1C2CC3CC1CC(c1cccc(Br)c1)(C3)C2. The Balaban J connectivity index is 1.68. The molecule has 5 rings (SSSR count). The number of benzene rings is 1. The molecule has 4 aliphatic carbocycles. The molecule has 1 nitrogen and oxygen atoms in total. The monoisotopic (exact) mass is 333 g/mol. The number of hydrogen-bond donors (Lipinski definition) is 1. The van der Waals surface area contributed by atoms with Crippen LogP contribution in [0.5, 0.6) is 0 Å². The van der Waals surface area contributed by atoms with Gasteiger partial charge in [-0.05, 0) is 91.9 Å². The third-order valence-electron chi connectivity index (χ3n) is 6.41. The fourth-order valence-electron chi connectivity index (χ4n) is 5.97. The van der Waals surface area contributed by atoms with E-state index in [1.54, 1.807) is 5.56 Å². The Hall–Kier alpha value is -0.340. The minimum absolute atomic E-state index is 0.491. The third kappa shape index (κ3) is 1.99. The van der Waals surface area contributed by atoms with E-state index in [9.17, 15) is 0 Å². The smallest absolute Gasteiger partial charge is 0.0178 e. The summed E-state index contributed by atoms with van der Waals surface area (Å²) in [7, 11) is 0. The molecule has 1 aromatic carbocycles. The predicted molar refractivity (Wildman–Crippen MR) is 86.5 cm³/mol. The van der Waals surface area contributed by atoms with Crippen LogP contribution in [-0.2, 0) is 5.41 Å². The van der Waals surface area contributed by atoms with E-state index in [2.05, 4.69) is 40.2 Å². The van der Waals surface area contributed by atoms with Gasteiger partial charge in [0.25, 0.3) is 0 Å². The average molecular weight is 334 g/mol. The zero-order chi connectivity index (χ0) is 13.7. The molecule has 4 bridgehead atoms. The highest BCUT2D eigenvalue weighted by Crippen LogP contribution is 2.63. The van der Waals surface area contributed by atoms with Crippen LogP contribution in [0, 0.1) is 23.7 Å². The molecule has 20 heavy (non-hydrogen) atoms. The summed E-state index contributed by atoms with van der Waals surface area (Å²) in [5, 5.41) is 0. The Morgan fingerprint density at radius 3 is 2.55 bits per heavy atom. The second-order valence-electron chi connectivity index (χ2n) is 7.50. The Morgan fingerprint density at radius 2 is 1.90 bits per heavy atom. The van der Waals surface area contributed by atoms with Crippen LogP contribution in [0.25, 0.3) is 0 Å². The van der Waals surface area contributed by atoms with Crippen molar-refractivity contribution in [3.8, 4) is 0 Å². The summed E-state index contributed by atoms with van der Waals surface area (Å²) >= 11 is 3.66. The topological polar surface area (TPSA) is 26.0 Å². The molecule has 2 heteroatoms. The quantitative estimate of drug-likeness (QED) is 0.866. The Labute approximate surface area is 130 Å². The van der Waals surface area contributed by atoms with Gasteiger partial charge in [0.1, 0.15) is 0 Å². The van der Waals surface area contributed by atoms with Crippen molar-refractivity contribution in [3.05, 3.63) is 34.3 Å². The first-order chi connectivity index (χ1) is 9.70. The highest BCUT2D eigenvalue weighted by molar-refractivity contribution is 9.10.